The van der Waals surface area contributed by atoms with Gasteiger partial charge in [-0.05, 0) is 26.9 Å². The molecule has 0 amide bonds. The zero-order valence-electron chi connectivity index (χ0n) is 12.3. The molecule has 0 aromatic carbocycles. The Hall–Kier alpha value is -1.28. The van der Waals surface area contributed by atoms with Crippen LogP contribution in [0.4, 0.5) is 11.6 Å². The number of sulfone groups is 1. The van der Waals surface area contributed by atoms with Crippen molar-refractivity contribution < 1.29 is 8.42 Å². The number of nitrogen functional groups attached to an aromatic ring is 1. The molecule has 8 heteroatoms. The number of hydrogen-bond donors (Lipinski definition) is 1. The van der Waals surface area contributed by atoms with Crippen LogP contribution in [0.5, 0.6) is 0 Å². The van der Waals surface area contributed by atoms with E-state index in [0.717, 1.165) is 32.5 Å². The highest BCUT2D eigenvalue weighted by Crippen LogP contribution is 2.31. The molecule has 7 nitrogen and oxygen atoms in total. The molecule has 1 saturated heterocycles. The highest BCUT2D eigenvalue weighted by atomic mass is 32.2. The standard InChI is InChI=1S/C12H23N5O2S/c1-15(2)8-9-17-11(13)10(20(3,18)19)12(14-17)16-6-4-5-7-16/h4-9,13H2,1-3H3. The second-order valence-corrected chi connectivity index (χ2v) is 7.48. The lowest BCUT2D eigenvalue weighted by Gasteiger charge is -2.15. The maximum Gasteiger partial charge on any atom is 0.182 e. The fourth-order valence-corrected chi connectivity index (χ4v) is 3.39. The molecule has 1 aromatic heterocycles. The third kappa shape index (κ3) is 3.06. The molecule has 0 saturated carbocycles. The summed E-state index contributed by atoms with van der Waals surface area (Å²) in [6.07, 6.45) is 3.32. The maximum absolute atomic E-state index is 12.0. The van der Waals surface area contributed by atoms with Gasteiger partial charge in [-0.15, -0.1) is 0 Å². The zero-order chi connectivity index (χ0) is 14.9. The van der Waals surface area contributed by atoms with E-state index in [-0.39, 0.29) is 10.7 Å². The molecule has 1 fully saturated rings. The van der Waals surface area contributed by atoms with Gasteiger partial charge in [0.1, 0.15) is 5.82 Å². The van der Waals surface area contributed by atoms with Gasteiger partial charge in [0.15, 0.2) is 20.6 Å². The fraction of sp³-hybridized carbons (Fsp3) is 0.750. The molecule has 0 bridgehead atoms. The molecule has 1 aliphatic heterocycles. The third-order valence-electron chi connectivity index (χ3n) is 3.46. The van der Waals surface area contributed by atoms with Gasteiger partial charge < -0.3 is 15.5 Å². The minimum Gasteiger partial charge on any atom is -0.383 e. The van der Waals surface area contributed by atoms with E-state index in [1.54, 1.807) is 4.68 Å². The van der Waals surface area contributed by atoms with Gasteiger partial charge in [-0.2, -0.15) is 5.10 Å². The minimum absolute atomic E-state index is 0.179. The summed E-state index contributed by atoms with van der Waals surface area (Å²) in [5.41, 5.74) is 6.02. The van der Waals surface area contributed by atoms with Gasteiger partial charge in [0.25, 0.3) is 0 Å². The molecule has 1 aromatic rings. The van der Waals surface area contributed by atoms with Crippen LogP contribution in [0, 0.1) is 0 Å². The minimum atomic E-state index is -3.38. The first-order valence-electron chi connectivity index (χ1n) is 6.76. The van der Waals surface area contributed by atoms with Crippen LogP contribution < -0.4 is 10.6 Å². The maximum atomic E-state index is 12.0. The van der Waals surface area contributed by atoms with Crippen molar-refractivity contribution in [1.29, 1.82) is 0 Å². The predicted octanol–water partition coefficient (Wildman–Crippen LogP) is 0.0306. The largest absolute Gasteiger partial charge is 0.383 e. The molecule has 114 valence electrons. The molecule has 2 heterocycles. The molecular formula is C12H23N5O2S. The quantitative estimate of drug-likeness (QED) is 0.826. The van der Waals surface area contributed by atoms with Gasteiger partial charge in [0.2, 0.25) is 0 Å². The van der Waals surface area contributed by atoms with Crippen LogP contribution in [0.15, 0.2) is 4.90 Å². The number of likely N-dealkylation sites (N-methyl/N-ethyl adjacent to an activating group) is 1. The molecule has 0 spiro atoms. The molecule has 0 atom stereocenters. The van der Waals surface area contributed by atoms with Crippen LogP contribution in [0.1, 0.15) is 12.8 Å². The molecule has 0 radical (unpaired) electrons. The average molecular weight is 301 g/mol. The van der Waals surface area contributed by atoms with Gasteiger partial charge in [0.05, 0.1) is 6.54 Å². The Labute approximate surface area is 120 Å². The van der Waals surface area contributed by atoms with Gasteiger partial charge in [-0.1, -0.05) is 0 Å². The van der Waals surface area contributed by atoms with Gasteiger partial charge >= 0.3 is 0 Å². The van der Waals surface area contributed by atoms with E-state index in [0.29, 0.717) is 12.4 Å². The normalized spacial score (nSPS) is 16.3. The lowest BCUT2D eigenvalue weighted by Crippen LogP contribution is -2.21. The average Bonchev–Trinajstić information content (AvgIpc) is 2.92. The first kappa shape index (κ1) is 15.1. The SMILES string of the molecule is CN(C)CCn1nc(N2CCCC2)c(S(C)(=O)=O)c1N. The van der Waals surface area contributed by atoms with Crippen molar-refractivity contribution in [3.8, 4) is 0 Å². The van der Waals surface area contributed by atoms with Gasteiger partial charge in [-0.25, -0.2) is 13.1 Å². The number of aromatic nitrogens is 2. The Kier molecular flexibility index (Phi) is 4.24. The number of rotatable bonds is 5. The predicted molar refractivity (Wildman–Crippen MR) is 79.8 cm³/mol. The summed E-state index contributed by atoms with van der Waals surface area (Å²) >= 11 is 0. The lowest BCUT2D eigenvalue weighted by molar-refractivity contribution is 0.375. The molecule has 20 heavy (non-hydrogen) atoms. The van der Waals surface area contributed by atoms with Crippen molar-refractivity contribution in [1.82, 2.24) is 14.7 Å². The first-order valence-corrected chi connectivity index (χ1v) is 8.66. The highest BCUT2D eigenvalue weighted by Gasteiger charge is 2.28. The number of anilines is 2. The Morgan fingerprint density at radius 3 is 2.40 bits per heavy atom. The number of hydrogen-bond acceptors (Lipinski definition) is 6. The van der Waals surface area contributed by atoms with E-state index in [4.69, 9.17) is 5.73 Å². The van der Waals surface area contributed by atoms with Crippen molar-refractivity contribution in [2.45, 2.75) is 24.3 Å². The van der Waals surface area contributed by atoms with Crippen LogP contribution >= 0.6 is 0 Å². The monoisotopic (exact) mass is 301 g/mol. The van der Waals surface area contributed by atoms with Crippen LogP contribution in [-0.2, 0) is 16.4 Å². The van der Waals surface area contributed by atoms with E-state index >= 15 is 0 Å². The smallest absolute Gasteiger partial charge is 0.182 e. The van der Waals surface area contributed by atoms with E-state index < -0.39 is 9.84 Å². The molecular weight excluding hydrogens is 278 g/mol. The summed E-state index contributed by atoms with van der Waals surface area (Å²) in [6, 6.07) is 0. The fourth-order valence-electron chi connectivity index (χ4n) is 2.40. The number of nitrogens with two attached hydrogens (primary N) is 1. The van der Waals surface area contributed by atoms with E-state index in [1.165, 1.54) is 6.26 Å². The van der Waals surface area contributed by atoms with Gasteiger partial charge in [-0.3, -0.25) is 0 Å². The summed E-state index contributed by atoms with van der Waals surface area (Å²) in [4.78, 5) is 4.20. The Balaban J connectivity index is 2.41. The van der Waals surface area contributed by atoms with E-state index in [1.807, 2.05) is 23.9 Å². The summed E-state index contributed by atoms with van der Waals surface area (Å²) in [7, 11) is 0.531. The van der Waals surface area contributed by atoms with Crippen molar-refractivity contribution >= 4 is 21.5 Å². The summed E-state index contributed by atoms with van der Waals surface area (Å²) < 4.78 is 25.6. The van der Waals surface area contributed by atoms with E-state index in [2.05, 4.69) is 5.10 Å². The van der Waals surface area contributed by atoms with Crippen molar-refractivity contribution in [2.75, 3.05) is 50.6 Å². The Bertz CT molecular complexity index is 573. The molecule has 0 aliphatic carbocycles. The van der Waals surface area contributed by atoms with E-state index in [9.17, 15) is 8.42 Å². The molecule has 1 aliphatic rings. The topological polar surface area (TPSA) is 84.5 Å². The van der Waals surface area contributed by atoms with Crippen LogP contribution in [-0.4, -0.2) is 63.1 Å². The molecule has 0 unspecified atom stereocenters. The summed E-state index contributed by atoms with van der Waals surface area (Å²) in [5.74, 6) is 0.762. The lowest BCUT2D eigenvalue weighted by atomic mass is 10.4. The van der Waals surface area contributed by atoms with Gasteiger partial charge in [0, 0.05) is 25.9 Å². The number of nitrogens with zero attached hydrogens (tertiary/aromatic N) is 4. The first-order chi connectivity index (χ1) is 9.30. The van der Waals surface area contributed by atoms with Crippen LogP contribution in [0.2, 0.25) is 0 Å². The second-order valence-electron chi connectivity index (χ2n) is 5.53. The second kappa shape index (κ2) is 5.61. The van der Waals surface area contributed by atoms with Crippen LogP contribution in [0.3, 0.4) is 0 Å². The van der Waals surface area contributed by atoms with Crippen molar-refractivity contribution in [3.63, 3.8) is 0 Å². The zero-order valence-corrected chi connectivity index (χ0v) is 13.2. The Morgan fingerprint density at radius 1 is 1.30 bits per heavy atom. The van der Waals surface area contributed by atoms with Crippen LogP contribution in [0.25, 0.3) is 0 Å². The molecule has 2 rings (SSSR count). The summed E-state index contributed by atoms with van der Waals surface area (Å²) in [6.45, 7) is 3.02. The highest BCUT2D eigenvalue weighted by molar-refractivity contribution is 7.91. The van der Waals surface area contributed by atoms with Crippen molar-refractivity contribution in [3.05, 3.63) is 0 Å². The van der Waals surface area contributed by atoms with Crippen molar-refractivity contribution in [2.24, 2.45) is 0 Å². The molecule has 2 N–H and O–H groups in total. The Morgan fingerprint density at radius 2 is 1.90 bits per heavy atom. The summed E-state index contributed by atoms with van der Waals surface area (Å²) in [5, 5.41) is 4.44. The third-order valence-corrected chi connectivity index (χ3v) is 4.60.